The number of hydrogen-bond acceptors (Lipinski definition) is 6. The van der Waals surface area contributed by atoms with E-state index in [4.69, 9.17) is 13.9 Å². The second-order valence-corrected chi connectivity index (χ2v) is 7.06. The highest BCUT2D eigenvalue weighted by molar-refractivity contribution is 5.82. The van der Waals surface area contributed by atoms with Gasteiger partial charge in [-0.05, 0) is 30.5 Å². The van der Waals surface area contributed by atoms with Crippen LogP contribution in [0.3, 0.4) is 0 Å². The summed E-state index contributed by atoms with van der Waals surface area (Å²) in [6.45, 7) is 4.26. The van der Waals surface area contributed by atoms with Gasteiger partial charge in [0.2, 0.25) is 0 Å². The first-order chi connectivity index (χ1) is 13.1. The summed E-state index contributed by atoms with van der Waals surface area (Å²) in [5, 5.41) is 0.910. The monoisotopic (exact) mass is 372 g/mol. The molecule has 0 bridgehead atoms. The molecule has 2 aliphatic rings. The van der Waals surface area contributed by atoms with Crippen molar-refractivity contribution in [2.24, 2.45) is 0 Å². The van der Waals surface area contributed by atoms with Crippen molar-refractivity contribution >= 4 is 16.9 Å². The van der Waals surface area contributed by atoms with Crippen LogP contribution in [-0.2, 0) is 16.1 Å². The maximum absolute atomic E-state index is 12.5. The molecule has 2 aliphatic heterocycles. The van der Waals surface area contributed by atoms with Gasteiger partial charge in [0, 0.05) is 56.8 Å². The van der Waals surface area contributed by atoms with E-state index in [-0.39, 0.29) is 17.6 Å². The quantitative estimate of drug-likeness (QED) is 0.760. The summed E-state index contributed by atoms with van der Waals surface area (Å²) in [7, 11) is 1.58. The Balaban J connectivity index is 1.44. The van der Waals surface area contributed by atoms with Gasteiger partial charge in [-0.1, -0.05) is 0 Å². The Labute approximate surface area is 157 Å². The second-order valence-electron chi connectivity index (χ2n) is 7.06. The van der Waals surface area contributed by atoms with E-state index in [1.165, 1.54) is 0 Å². The number of methoxy groups -OCH3 is 1. The molecule has 1 aromatic heterocycles. The fourth-order valence-corrected chi connectivity index (χ4v) is 3.81. The van der Waals surface area contributed by atoms with E-state index >= 15 is 0 Å². The van der Waals surface area contributed by atoms with Crippen molar-refractivity contribution in [1.82, 2.24) is 9.80 Å². The van der Waals surface area contributed by atoms with Crippen LogP contribution in [0.2, 0.25) is 0 Å². The highest BCUT2D eigenvalue weighted by Crippen LogP contribution is 2.24. The van der Waals surface area contributed by atoms with Gasteiger partial charge in [0.1, 0.15) is 17.4 Å². The zero-order valence-corrected chi connectivity index (χ0v) is 15.5. The van der Waals surface area contributed by atoms with Gasteiger partial charge in [0.05, 0.1) is 7.11 Å². The Hall–Kier alpha value is -2.38. The molecule has 1 amide bonds. The van der Waals surface area contributed by atoms with Gasteiger partial charge < -0.3 is 18.8 Å². The van der Waals surface area contributed by atoms with Crippen molar-refractivity contribution in [3.8, 4) is 5.75 Å². The number of hydrogen-bond donors (Lipinski definition) is 0. The topological polar surface area (TPSA) is 72.2 Å². The first-order valence-corrected chi connectivity index (χ1v) is 9.37. The number of ether oxygens (including phenoxy) is 2. The van der Waals surface area contributed by atoms with Crippen LogP contribution in [0.4, 0.5) is 0 Å². The zero-order valence-electron chi connectivity index (χ0n) is 15.5. The van der Waals surface area contributed by atoms with Crippen molar-refractivity contribution in [3.63, 3.8) is 0 Å². The number of fused-ring (bicyclic) bond motifs is 1. The Morgan fingerprint density at radius 1 is 1.22 bits per heavy atom. The number of carbonyl (C=O) groups excluding carboxylic acids is 1. The van der Waals surface area contributed by atoms with E-state index in [1.54, 1.807) is 19.2 Å². The highest BCUT2D eigenvalue weighted by atomic mass is 16.5. The minimum absolute atomic E-state index is 0.116. The van der Waals surface area contributed by atoms with Crippen molar-refractivity contribution in [2.45, 2.75) is 25.5 Å². The number of amides is 1. The molecule has 0 N–H and O–H groups in total. The predicted molar refractivity (Wildman–Crippen MR) is 99.9 cm³/mol. The molecule has 2 aromatic rings. The molecule has 27 heavy (non-hydrogen) atoms. The summed E-state index contributed by atoms with van der Waals surface area (Å²) in [6.07, 6.45) is 1.54. The SMILES string of the molecule is COc1ccc2c(CN3CCN(C(=O)[C@H]4CCCO4)CC3)cc(=O)oc2c1. The summed E-state index contributed by atoms with van der Waals surface area (Å²) in [5.41, 5.74) is 1.10. The average molecular weight is 372 g/mol. The van der Waals surface area contributed by atoms with Crippen LogP contribution in [0.1, 0.15) is 18.4 Å². The molecule has 0 unspecified atom stereocenters. The molecule has 1 aromatic carbocycles. The molecule has 4 rings (SSSR count). The van der Waals surface area contributed by atoms with Crippen LogP contribution in [-0.4, -0.2) is 61.7 Å². The molecule has 7 heteroatoms. The number of nitrogens with zero attached hydrogens (tertiary/aromatic N) is 2. The second kappa shape index (κ2) is 7.70. The fourth-order valence-electron chi connectivity index (χ4n) is 3.81. The van der Waals surface area contributed by atoms with Crippen molar-refractivity contribution < 1.29 is 18.7 Å². The van der Waals surface area contributed by atoms with Gasteiger partial charge in [0.15, 0.2) is 0 Å². The van der Waals surface area contributed by atoms with E-state index < -0.39 is 0 Å². The molecule has 144 valence electrons. The normalized spacial score (nSPS) is 20.9. The molecular weight excluding hydrogens is 348 g/mol. The fraction of sp³-hybridized carbons (Fsp3) is 0.500. The van der Waals surface area contributed by atoms with Gasteiger partial charge in [-0.2, -0.15) is 0 Å². The molecule has 7 nitrogen and oxygen atoms in total. The molecule has 2 fully saturated rings. The van der Waals surface area contributed by atoms with Crippen LogP contribution < -0.4 is 10.4 Å². The van der Waals surface area contributed by atoms with Gasteiger partial charge in [-0.15, -0.1) is 0 Å². The van der Waals surface area contributed by atoms with Gasteiger partial charge >= 0.3 is 5.63 Å². The lowest BCUT2D eigenvalue weighted by atomic mass is 10.1. The summed E-state index contributed by atoms with van der Waals surface area (Å²) >= 11 is 0. The highest BCUT2D eigenvalue weighted by Gasteiger charge is 2.30. The third-order valence-electron chi connectivity index (χ3n) is 5.32. The summed E-state index contributed by atoms with van der Waals surface area (Å²) in [5.74, 6) is 0.772. The molecule has 0 aliphatic carbocycles. The lowest BCUT2D eigenvalue weighted by Gasteiger charge is -2.35. The first kappa shape index (κ1) is 18.0. The lowest BCUT2D eigenvalue weighted by molar-refractivity contribution is -0.142. The maximum atomic E-state index is 12.5. The minimum atomic E-state index is -0.363. The average Bonchev–Trinajstić information content (AvgIpc) is 3.22. The molecule has 3 heterocycles. The zero-order chi connectivity index (χ0) is 18.8. The largest absolute Gasteiger partial charge is 0.497 e. The molecule has 1 atom stereocenters. The summed E-state index contributed by atoms with van der Waals surface area (Å²) < 4.78 is 16.0. The van der Waals surface area contributed by atoms with E-state index in [2.05, 4.69) is 4.90 Å². The Kier molecular flexibility index (Phi) is 5.13. The molecule has 2 saturated heterocycles. The summed E-state index contributed by atoms with van der Waals surface area (Å²) in [6, 6.07) is 7.07. The summed E-state index contributed by atoms with van der Waals surface area (Å²) in [4.78, 5) is 28.6. The van der Waals surface area contributed by atoms with E-state index in [1.807, 2.05) is 17.0 Å². The van der Waals surface area contributed by atoms with Gasteiger partial charge in [0.25, 0.3) is 5.91 Å². The Morgan fingerprint density at radius 3 is 2.74 bits per heavy atom. The number of piperazine rings is 1. The van der Waals surface area contributed by atoms with E-state index in [0.29, 0.717) is 37.6 Å². The first-order valence-electron chi connectivity index (χ1n) is 9.37. The van der Waals surface area contributed by atoms with Crippen molar-refractivity contribution in [2.75, 3.05) is 39.9 Å². The number of rotatable bonds is 4. The van der Waals surface area contributed by atoms with Crippen LogP contribution in [0.25, 0.3) is 11.0 Å². The van der Waals surface area contributed by atoms with E-state index in [9.17, 15) is 9.59 Å². The standard InChI is InChI=1S/C20H24N2O5/c1-25-15-4-5-16-14(11-19(23)27-18(16)12-15)13-21-6-8-22(9-7-21)20(24)17-3-2-10-26-17/h4-5,11-12,17H,2-3,6-10,13H2,1H3/t17-/m1/s1. The van der Waals surface area contributed by atoms with Crippen LogP contribution in [0.15, 0.2) is 33.5 Å². The molecule has 0 radical (unpaired) electrons. The molecule has 0 spiro atoms. The van der Waals surface area contributed by atoms with Crippen LogP contribution in [0, 0.1) is 0 Å². The third kappa shape index (κ3) is 3.84. The van der Waals surface area contributed by atoms with Gasteiger partial charge in [-0.3, -0.25) is 9.69 Å². The Bertz CT molecular complexity index is 880. The van der Waals surface area contributed by atoms with Gasteiger partial charge in [-0.25, -0.2) is 4.79 Å². The van der Waals surface area contributed by atoms with E-state index in [0.717, 1.165) is 36.9 Å². The number of benzene rings is 1. The minimum Gasteiger partial charge on any atom is -0.497 e. The number of carbonyl (C=O) groups is 1. The van der Waals surface area contributed by atoms with Crippen LogP contribution in [0.5, 0.6) is 5.75 Å². The Morgan fingerprint density at radius 2 is 2.04 bits per heavy atom. The predicted octanol–water partition coefficient (Wildman–Crippen LogP) is 1.62. The van der Waals surface area contributed by atoms with Crippen molar-refractivity contribution in [3.05, 3.63) is 40.2 Å². The maximum Gasteiger partial charge on any atom is 0.336 e. The molecule has 0 saturated carbocycles. The lowest BCUT2D eigenvalue weighted by Crippen LogP contribution is -2.51. The van der Waals surface area contributed by atoms with Crippen molar-refractivity contribution in [1.29, 1.82) is 0 Å². The molecular formula is C20H24N2O5. The smallest absolute Gasteiger partial charge is 0.336 e. The third-order valence-corrected chi connectivity index (χ3v) is 5.32. The van der Waals surface area contributed by atoms with Crippen LogP contribution >= 0.6 is 0 Å².